The van der Waals surface area contributed by atoms with E-state index in [1.54, 1.807) is 0 Å². The highest BCUT2D eigenvalue weighted by Gasteiger charge is 2.44. The van der Waals surface area contributed by atoms with Gasteiger partial charge in [0.1, 0.15) is 0 Å². The molecule has 316 valence electrons. The standard InChI is InChI=1S/C56H54O2P4S/c57-63(58,55(61(51-35-17-5-18-36-51)52-37-19-6-20-38-52)43-25-45-59(47-27-9-1-10-28-47)48-29-11-2-12-30-48)56(62(53-39-21-7-22-40-53)54-41-23-8-24-42-54)44-26-46-60(49-31-13-3-14-32-49)50-33-15-4-16-34-50/h1-24,27-42,55-56H,25-26,43-46H2. The molecule has 0 aromatic heterocycles. The van der Waals surface area contributed by atoms with E-state index in [0.717, 1.165) is 46.4 Å². The summed E-state index contributed by atoms with van der Waals surface area (Å²) in [7, 11) is -7.82. The van der Waals surface area contributed by atoms with Gasteiger partial charge in [0.25, 0.3) is 0 Å². The molecule has 8 aromatic rings. The maximum absolute atomic E-state index is 16.7. The maximum Gasteiger partial charge on any atom is 0.165 e. The van der Waals surface area contributed by atoms with Crippen molar-refractivity contribution in [2.45, 2.75) is 35.7 Å². The molecule has 0 amide bonds. The lowest BCUT2D eigenvalue weighted by Gasteiger charge is -2.36. The van der Waals surface area contributed by atoms with Crippen molar-refractivity contribution in [1.82, 2.24) is 0 Å². The van der Waals surface area contributed by atoms with Crippen molar-refractivity contribution in [3.8, 4) is 0 Å². The van der Waals surface area contributed by atoms with Crippen molar-refractivity contribution in [1.29, 1.82) is 0 Å². The van der Waals surface area contributed by atoms with Gasteiger partial charge in [-0.25, -0.2) is 8.42 Å². The van der Waals surface area contributed by atoms with Crippen LogP contribution in [0.15, 0.2) is 243 Å². The van der Waals surface area contributed by atoms with E-state index < -0.39 is 51.5 Å². The number of rotatable bonds is 20. The second-order valence-electron chi connectivity index (χ2n) is 15.5. The predicted molar refractivity (Wildman–Crippen MR) is 281 cm³/mol. The Morgan fingerprint density at radius 1 is 0.286 bits per heavy atom. The summed E-state index contributed by atoms with van der Waals surface area (Å²) in [5.41, 5.74) is 0. The van der Waals surface area contributed by atoms with Crippen LogP contribution in [0.25, 0.3) is 0 Å². The third kappa shape index (κ3) is 11.6. The summed E-state index contributed by atoms with van der Waals surface area (Å²) in [6.07, 6.45) is 4.59. The Morgan fingerprint density at radius 3 is 0.683 bits per heavy atom. The van der Waals surface area contributed by atoms with Gasteiger partial charge < -0.3 is 0 Å². The van der Waals surface area contributed by atoms with Gasteiger partial charge in [-0.3, -0.25) is 0 Å². The van der Waals surface area contributed by atoms with E-state index in [-0.39, 0.29) is 0 Å². The molecule has 0 heterocycles. The lowest BCUT2D eigenvalue weighted by atomic mass is 10.3. The van der Waals surface area contributed by atoms with E-state index in [1.165, 1.54) is 21.2 Å². The smallest absolute Gasteiger partial charge is 0.165 e. The van der Waals surface area contributed by atoms with Gasteiger partial charge in [0.15, 0.2) is 9.84 Å². The summed E-state index contributed by atoms with van der Waals surface area (Å²) in [4.78, 5) is -1.18. The fraction of sp³-hybridized carbons (Fsp3) is 0.143. The molecule has 8 rings (SSSR count). The van der Waals surface area contributed by atoms with Gasteiger partial charge in [0.05, 0.1) is 9.98 Å². The number of sulfone groups is 1. The Kier molecular flexibility index (Phi) is 16.3. The second-order valence-corrected chi connectivity index (χ2v) is 28.0. The highest BCUT2D eigenvalue weighted by molar-refractivity contribution is 8.07. The SMILES string of the molecule is O=S(=O)(C(CCCP(c1ccccc1)c1ccccc1)P(c1ccccc1)c1ccccc1)C(CCCP(c1ccccc1)c1ccccc1)P(c1ccccc1)c1ccccc1. The van der Waals surface area contributed by atoms with Crippen LogP contribution in [0.4, 0.5) is 0 Å². The van der Waals surface area contributed by atoms with Gasteiger partial charge in [-0.2, -0.15) is 0 Å². The summed E-state index contributed by atoms with van der Waals surface area (Å²) in [6, 6.07) is 85.5. The van der Waals surface area contributed by atoms with Crippen LogP contribution in [0, 0.1) is 0 Å². The Bertz CT molecular complexity index is 2300. The molecular formula is C56H54O2P4S. The first kappa shape index (κ1) is 45.0. The van der Waals surface area contributed by atoms with Gasteiger partial charge in [-0.05, 0) is 112 Å². The van der Waals surface area contributed by atoms with Gasteiger partial charge in [-0.15, -0.1) is 0 Å². The summed E-state index contributed by atoms with van der Waals surface area (Å²) in [5, 5.41) is 9.76. The topological polar surface area (TPSA) is 34.1 Å². The Hall–Kier alpha value is -4.57. The summed E-state index contributed by atoms with van der Waals surface area (Å²) >= 11 is 0. The van der Waals surface area contributed by atoms with Crippen molar-refractivity contribution in [3.63, 3.8) is 0 Å². The summed E-state index contributed by atoms with van der Waals surface area (Å²) < 4.78 is 33.4. The van der Waals surface area contributed by atoms with Gasteiger partial charge in [-0.1, -0.05) is 243 Å². The zero-order valence-corrected chi connectivity index (χ0v) is 39.9. The second kappa shape index (κ2) is 22.9. The van der Waals surface area contributed by atoms with Crippen LogP contribution in [0.1, 0.15) is 25.7 Å². The molecule has 2 nitrogen and oxygen atoms in total. The van der Waals surface area contributed by atoms with Crippen LogP contribution in [-0.4, -0.2) is 30.7 Å². The number of hydrogen-bond donors (Lipinski definition) is 0. The fourth-order valence-electron chi connectivity index (χ4n) is 8.47. The first-order valence-corrected chi connectivity index (χ1v) is 29.3. The molecule has 8 aromatic carbocycles. The molecule has 0 fully saturated rings. The molecule has 0 radical (unpaired) electrons. The molecule has 0 aliphatic heterocycles. The van der Waals surface area contributed by atoms with Crippen LogP contribution in [-0.2, 0) is 9.84 Å². The third-order valence-corrected chi connectivity index (χ3v) is 26.7. The normalized spacial score (nSPS) is 12.8. The zero-order chi connectivity index (χ0) is 43.1. The molecular weight excluding hydrogens is 861 g/mol. The van der Waals surface area contributed by atoms with Gasteiger partial charge in [0, 0.05) is 0 Å². The lowest BCUT2D eigenvalue weighted by molar-refractivity contribution is 0.581. The van der Waals surface area contributed by atoms with Crippen LogP contribution < -0.4 is 42.4 Å². The zero-order valence-electron chi connectivity index (χ0n) is 35.5. The highest BCUT2D eigenvalue weighted by Crippen LogP contribution is 2.54. The first-order valence-electron chi connectivity index (χ1n) is 21.8. The molecule has 0 saturated heterocycles. The van der Waals surface area contributed by atoms with E-state index in [1.807, 2.05) is 24.3 Å². The minimum absolute atomic E-state index is 0.584. The Morgan fingerprint density at radius 2 is 0.476 bits per heavy atom. The minimum Gasteiger partial charge on any atom is -0.227 e. The summed E-state index contributed by atoms with van der Waals surface area (Å²) in [5.74, 6) is 0. The molecule has 7 heteroatoms. The Labute approximate surface area is 380 Å². The largest absolute Gasteiger partial charge is 0.227 e. The molecule has 63 heavy (non-hydrogen) atoms. The maximum atomic E-state index is 16.7. The molecule has 0 aliphatic rings. The van der Waals surface area contributed by atoms with Crippen molar-refractivity contribution in [2.75, 3.05) is 12.3 Å². The third-order valence-electron chi connectivity index (χ3n) is 11.4. The number of benzene rings is 8. The average molecular weight is 915 g/mol. The van der Waals surface area contributed by atoms with E-state index in [4.69, 9.17) is 0 Å². The average Bonchev–Trinajstić information content (AvgIpc) is 3.35. The van der Waals surface area contributed by atoms with Crippen molar-refractivity contribution in [3.05, 3.63) is 243 Å². The van der Waals surface area contributed by atoms with E-state index in [0.29, 0.717) is 12.8 Å². The lowest BCUT2D eigenvalue weighted by Crippen LogP contribution is -2.38. The first-order chi connectivity index (χ1) is 31.1. The van der Waals surface area contributed by atoms with E-state index in [2.05, 4.69) is 218 Å². The molecule has 0 bridgehead atoms. The molecule has 2 unspecified atom stereocenters. The van der Waals surface area contributed by atoms with Gasteiger partial charge in [0.2, 0.25) is 0 Å². The van der Waals surface area contributed by atoms with Crippen molar-refractivity contribution in [2.24, 2.45) is 0 Å². The van der Waals surface area contributed by atoms with Crippen molar-refractivity contribution >= 4 is 84.0 Å². The van der Waals surface area contributed by atoms with E-state index in [9.17, 15) is 0 Å². The quantitative estimate of drug-likeness (QED) is 0.0714. The van der Waals surface area contributed by atoms with Crippen LogP contribution in [0.5, 0.6) is 0 Å². The minimum atomic E-state index is -3.84. The monoisotopic (exact) mass is 914 g/mol. The van der Waals surface area contributed by atoms with Crippen molar-refractivity contribution < 1.29 is 8.42 Å². The van der Waals surface area contributed by atoms with Crippen LogP contribution >= 0.6 is 31.7 Å². The van der Waals surface area contributed by atoms with E-state index >= 15 is 8.42 Å². The Balaban J connectivity index is 1.24. The highest BCUT2D eigenvalue weighted by atomic mass is 32.2. The molecule has 2 atom stereocenters. The predicted octanol–water partition coefficient (Wildman–Crippen LogP) is 11.1. The molecule has 0 saturated carbocycles. The fourth-order valence-corrected chi connectivity index (χ4v) is 24.3. The molecule has 0 aliphatic carbocycles. The van der Waals surface area contributed by atoms with Crippen LogP contribution in [0.3, 0.4) is 0 Å². The molecule has 0 N–H and O–H groups in total. The molecule has 0 spiro atoms. The van der Waals surface area contributed by atoms with Gasteiger partial charge >= 0.3 is 0 Å². The summed E-state index contributed by atoms with van der Waals surface area (Å²) in [6.45, 7) is 0. The van der Waals surface area contributed by atoms with Crippen LogP contribution in [0.2, 0.25) is 0 Å². The number of hydrogen-bond acceptors (Lipinski definition) is 2.